The van der Waals surface area contributed by atoms with E-state index in [1.54, 1.807) is 6.07 Å². The van der Waals surface area contributed by atoms with Crippen LogP contribution in [0.25, 0.3) is 11.0 Å². The van der Waals surface area contributed by atoms with E-state index in [9.17, 15) is 0 Å². The molecule has 1 aromatic carbocycles. The molecule has 116 valence electrons. The summed E-state index contributed by atoms with van der Waals surface area (Å²) in [6.07, 6.45) is 1.50. The summed E-state index contributed by atoms with van der Waals surface area (Å²) in [6, 6.07) is 11.6. The summed E-state index contributed by atoms with van der Waals surface area (Å²) in [6.45, 7) is 4.94. The van der Waals surface area contributed by atoms with Gasteiger partial charge in [-0.2, -0.15) is 5.26 Å². The molecule has 1 unspecified atom stereocenters. The van der Waals surface area contributed by atoms with Crippen LogP contribution in [0.2, 0.25) is 5.02 Å². The van der Waals surface area contributed by atoms with Crippen LogP contribution in [0.1, 0.15) is 31.3 Å². The van der Waals surface area contributed by atoms with E-state index in [0.29, 0.717) is 16.4 Å². The molecule has 0 spiro atoms. The Morgan fingerprint density at radius 1 is 1.39 bits per heavy atom. The molecular weight excluding hydrogens is 310 g/mol. The maximum Gasteiger partial charge on any atom is 0.145 e. The molecule has 0 amide bonds. The Balaban J connectivity index is 1.95. The fraction of sp³-hybridized carbons (Fsp3) is 0.235. The average molecular weight is 326 g/mol. The van der Waals surface area contributed by atoms with Crippen molar-refractivity contribution in [1.82, 2.24) is 14.5 Å². The molecule has 3 rings (SSSR count). The van der Waals surface area contributed by atoms with Gasteiger partial charge in [-0.25, -0.2) is 9.97 Å². The summed E-state index contributed by atoms with van der Waals surface area (Å²) in [5.41, 5.74) is 2.52. The predicted octanol–water partition coefficient (Wildman–Crippen LogP) is 4.15. The smallest absolute Gasteiger partial charge is 0.145 e. The third-order valence-corrected chi connectivity index (χ3v) is 4.00. The summed E-state index contributed by atoms with van der Waals surface area (Å²) < 4.78 is 2.17. The topological polar surface area (TPSA) is 66.5 Å². The number of rotatable bonds is 4. The van der Waals surface area contributed by atoms with E-state index in [2.05, 4.69) is 27.9 Å². The molecule has 0 saturated carbocycles. The van der Waals surface area contributed by atoms with E-state index in [1.807, 2.05) is 31.2 Å². The van der Waals surface area contributed by atoms with Gasteiger partial charge in [0.15, 0.2) is 0 Å². The minimum atomic E-state index is -0.0692. The number of para-hydroxylation sites is 2. The second kappa shape index (κ2) is 6.27. The highest BCUT2D eigenvalue weighted by Crippen LogP contribution is 2.26. The molecular formula is C17H16ClN5. The van der Waals surface area contributed by atoms with E-state index in [0.717, 1.165) is 23.4 Å². The lowest BCUT2D eigenvalue weighted by molar-refractivity contribution is 0.672. The van der Waals surface area contributed by atoms with Crippen LogP contribution < -0.4 is 5.32 Å². The first kappa shape index (κ1) is 15.3. The second-order valence-electron chi connectivity index (χ2n) is 5.24. The Labute approximate surface area is 139 Å². The average Bonchev–Trinajstić information content (AvgIpc) is 2.95. The number of benzene rings is 1. The van der Waals surface area contributed by atoms with Gasteiger partial charge in [-0.1, -0.05) is 23.7 Å². The number of pyridine rings is 1. The van der Waals surface area contributed by atoms with E-state index >= 15 is 0 Å². The maximum absolute atomic E-state index is 8.88. The van der Waals surface area contributed by atoms with Gasteiger partial charge in [0.05, 0.1) is 27.7 Å². The summed E-state index contributed by atoms with van der Waals surface area (Å²) in [4.78, 5) is 8.94. The normalized spacial score (nSPS) is 12.1. The van der Waals surface area contributed by atoms with Crippen LogP contribution in [0.3, 0.4) is 0 Å². The molecule has 1 atom stereocenters. The quantitative estimate of drug-likeness (QED) is 0.782. The Morgan fingerprint density at radius 3 is 2.87 bits per heavy atom. The van der Waals surface area contributed by atoms with Crippen molar-refractivity contribution in [2.75, 3.05) is 5.32 Å². The Kier molecular flexibility index (Phi) is 4.18. The zero-order valence-corrected chi connectivity index (χ0v) is 13.7. The predicted molar refractivity (Wildman–Crippen MR) is 91.4 cm³/mol. The molecule has 3 aromatic rings. The number of aromatic nitrogens is 3. The number of anilines is 1. The molecule has 2 heterocycles. The van der Waals surface area contributed by atoms with Crippen LogP contribution in [0.5, 0.6) is 0 Å². The third kappa shape index (κ3) is 2.86. The lowest BCUT2D eigenvalue weighted by Gasteiger charge is -2.16. The van der Waals surface area contributed by atoms with Crippen molar-refractivity contribution in [2.45, 2.75) is 26.4 Å². The number of fused-ring (bicyclic) bond motifs is 1. The van der Waals surface area contributed by atoms with E-state index in [1.165, 1.54) is 6.20 Å². The summed E-state index contributed by atoms with van der Waals surface area (Å²) >= 11 is 6.19. The number of nitrogens with zero attached hydrogens (tertiary/aromatic N) is 4. The van der Waals surface area contributed by atoms with Crippen molar-refractivity contribution in [3.63, 3.8) is 0 Å². The van der Waals surface area contributed by atoms with Gasteiger partial charge in [0.2, 0.25) is 0 Å². The van der Waals surface area contributed by atoms with Crippen molar-refractivity contribution >= 4 is 28.5 Å². The van der Waals surface area contributed by atoms with Crippen LogP contribution in [-0.4, -0.2) is 14.5 Å². The number of hydrogen-bond donors (Lipinski definition) is 1. The molecule has 1 N–H and O–H groups in total. The molecule has 23 heavy (non-hydrogen) atoms. The highest BCUT2D eigenvalue weighted by atomic mass is 35.5. The van der Waals surface area contributed by atoms with Crippen LogP contribution in [0.4, 0.5) is 5.82 Å². The van der Waals surface area contributed by atoms with E-state index < -0.39 is 0 Å². The number of aryl methyl sites for hydroxylation is 1. The van der Waals surface area contributed by atoms with Crippen molar-refractivity contribution in [2.24, 2.45) is 0 Å². The highest BCUT2D eigenvalue weighted by molar-refractivity contribution is 6.33. The standard InChI is InChI=1S/C17H16ClN5/c1-3-23-15-7-5-4-6-14(15)22-17(23)11(2)21-16-13(18)8-12(9-19)10-20-16/h4-8,10-11H,3H2,1-2H3,(H,20,21). The van der Waals surface area contributed by atoms with Crippen LogP contribution in [-0.2, 0) is 6.54 Å². The number of nitriles is 1. The van der Waals surface area contributed by atoms with Gasteiger partial charge in [-0.3, -0.25) is 0 Å². The largest absolute Gasteiger partial charge is 0.359 e. The number of imidazole rings is 1. The van der Waals surface area contributed by atoms with Crippen molar-refractivity contribution in [1.29, 1.82) is 5.26 Å². The highest BCUT2D eigenvalue weighted by Gasteiger charge is 2.17. The summed E-state index contributed by atoms with van der Waals surface area (Å²) in [7, 11) is 0. The second-order valence-corrected chi connectivity index (χ2v) is 5.64. The fourth-order valence-electron chi connectivity index (χ4n) is 2.63. The van der Waals surface area contributed by atoms with Gasteiger partial charge in [-0.15, -0.1) is 0 Å². The van der Waals surface area contributed by atoms with Gasteiger partial charge < -0.3 is 9.88 Å². The molecule has 2 aromatic heterocycles. The van der Waals surface area contributed by atoms with Gasteiger partial charge in [-0.05, 0) is 32.0 Å². The molecule has 5 nitrogen and oxygen atoms in total. The van der Waals surface area contributed by atoms with Gasteiger partial charge in [0.25, 0.3) is 0 Å². The van der Waals surface area contributed by atoms with Gasteiger partial charge in [0, 0.05) is 12.7 Å². The molecule has 0 radical (unpaired) electrons. The molecule has 0 aliphatic rings. The Bertz CT molecular complexity index is 894. The molecule has 0 fully saturated rings. The molecule has 0 bridgehead atoms. The Hall–Kier alpha value is -2.58. The number of hydrogen-bond acceptors (Lipinski definition) is 4. The first-order chi connectivity index (χ1) is 11.1. The van der Waals surface area contributed by atoms with Crippen LogP contribution >= 0.6 is 11.6 Å². The first-order valence-electron chi connectivity index (χ1n) is 7.41. The van der Waals surface area contributed by atoms with Gasteiger partial charge in [0.1, 0.15) is 17.7 Å². The van der Waals surface area contributed by atoms with Crippen LogP contribution in [0, 0.1) is 11.3 Å². The van der Waals surface area contributed by atoms with Crippen molar-refractivity contribution < 1.29 is 0 Å². The fourth-order valence-corrected chi connectivity index (χ4v) is 2.85. The molecule has 0 saturated heterocycles. The lowest BCUT2D eigenvalue weighted by Crippen LogP contribution is -2.14. The maximum atomic E-state index is 8.88. The number of halogens is 1. The monoisotopic (exact) mass is 325 g/mol. The number of nitrogens with one attached hydrogen (secondary N) is 1. The molecule has 6 heteroatoms. The van der Waals surface area contributed by atoms with Gasteiger partial charge >= 0.3 is 0 Å². The van der Waals surface area contributed by atoms with Crippen molar-refractivity contribution in [3.05, 3.63) is 52.9 Å². The van der Waals surface area contributed by atoms with Crippen molar-refractivity contribution in [3.8, 4) is 6.07 Å². The molecule has 0 aliphatic heterocycles. The minimum Gasteiger partial charge on any atom is -0.359 e. The van der Waals surface area contributed by atoms with E-state index in [-0.39, 0.29) is 6.04 Å². The third-order valence-electron chi connectivity index (χ3n) is 3.71. The van der Waals surface area contributed by atoms with Crippen LogP contribution in [0.15, 0.2) is 36.5 Å². The summed E-state index contributed by atoms with van der Waals surface area (Å²) in [5, 5.41) is 12.6. The summed E-state index contributed by atoms with van der Waals surface area (Å²) in [5.74, 6) is 1.48. The molecule has 0 aliphatic carbocycles. The Morgan fingerprint density at radius 2 is 2.17 bits per heavy atom. The lowest BCUT2D eigenvalue weighted by atomic mass is 10.2. The zero-order valence-electron chi connectivity index (χ0n) is 12.9. The SMILES string of the molecule is CCn1c(C(C)Nc2ncc(C#N)cc2Cl)nc2ccccc21. The minimum absolute atomic E-state index is 0.0692. The first-order valence-corrected chi connectivity index (χ1v) is 7.79. The van der Waals surface area contributed by atoms with E-state index in [4.69, 9.17) is 21.8 Å². The zero-order chi connectivity index (χ0) is 16.4.